The maximum absolute atomic E-state index is 10.6. The molecule has 0 saturated heterocycles. The van der Waals surface area contributed by atoms with Gasteiger partial charge in [-0.2, -0.15) is 6.07 Å². The van der Waals surface area contributed by atoms with E-state index in [2.05, 4.69) is 0 Å². The zero-order chi connectivity index (χ0) is 14.9. The summed E-state index contributed by atoms with van der Waals surface area (Å²) >= 11 is 0. The number of carbonyl (C=O) groups excluding carboxylic acids is 1. The average molecular weight is 332 g/mol. The van der Waals surface area contributed by atoms with Crippen LogP contribution in [-0.4, -0.2) is 13.1 Å². The molecule has 0 spiro atoms. The zero-order valence-electron chi connectivity index (χ0n) is 12.2. The van der Waals surface area contributed by atoms with Gasteiger partial charge in [-0.15, -0.1) is 17.7 Å². The van der Waals surface area contributed by atoms with E-state index < -0.39 is 0 Å². The molecule has 0 aliphatic heterocycles. The van der Waals surface area contributed by atoms with Crippen molar-refractivity contribution in [3.63, 3.8) is 0 Å². The van der Waals surface area contributed by atoms with Crippen LogP contribution in [0.5, 0.6) is 0 Å². The average Bonchev–Trinajstić information content (AvgIpc) is 3.24. The standard InChI is InChI=1S/C14H11O2.C5H5.Fe/c1-16-14(10-15)13-8-7-12(9-13)11-5-3-2-4-6-11;1-2-4-5-3-1;/h2-9H,1H3;1-5H;/q-1;-5;. The van der Waals surface area contributed by atoms with Crippen molar-refractivity contribution in [2.24, 2.45) is 0 Å². The van der Waals surface area contributed by atoms with Crippen molar-refractivity contribution in [2.75, 3.05) is 7.11 Å². The fraction of sp³-hybridized carbons (Fsp3) is 0.0526. The zero-order valence-corrected chi connectivity index (χ0v) is 13.3. The van der Waals surface area contributed by atoms with Gasteiger partial charge in [0.25, 0.3) is 0 Å². The summed E-state index contributed by atoms with van der Waals surface area (Å²) in [5, 5.41) is 0. The molecule has 0 heterocycles. The first-order chi connectivity index (χ1) is 10.3. The van der Waals surface area contributed by atoms with Gasteiger partial charge in [0, 0.05) is 17.1 Å². The SMILES string of the molecule is COC(=C=O)[c-]1ccc(-c2ccccc2)c1.[Fe].[cH-]1[cH-][cH-][cH-][cH-]1. The van der Waals surface area contributed by atoms with E-state index in [1.807, 2.05) is 78.9 Å². The quantitative estimate of drug-likeness (QED) is 0.309. The third-order valence-electron chi connectivity index (χ3n) is 2.98. The van der Waals surface area contributed by atoms with Gasteiger partial charge in [-0.3, -0.25) is 4.79 Å². The van der Waals surface area contributed by atoms with Crippen LogP contribution in [0.2, 0.25) is 0 Å². The molecule has 0 radical (unpaired) electrons. The van der Waals surface area contributed by atoms with E-state index in [9.17, 15) is 4.79 Å². The maximum atomic E-state index is 10.6. The fourth-order valence-electron chi connectivity index (χ4n) is 1.93. The van der Waals surface area contributed by atoms with Crippen LogP contribution in [0.15, 0.2) is 78.9 Å². The Bertz CT molecular complexity index is 673. The van der Waals surface area contributed by atoms with Gasteiger partial charge in [0.15, 0.2) is 0 Å². The summed E-state index contributed by atoms with van der Waals surface area (Å²) in [6.07, 6.45) is 0. The van der Waals surface area contributed by atoms with Gasteiger partial charge >= 0.3 is 0 Å². The summed E-state index contributed by atoms with van der Waals surface area (Å²) in [4.78, 5) is 10.6. The minimum Gasteiger partial charge on any atom is -0.748 e. The van der Waals surface area contributed by atoms with E-state index in [4.69, 9.17) is 4.74 Å². The van der Waals surface area contributed by atoms with Crippen molar-refractivity contribution in [1.82, 2.24) is 0 Å². The molecule has 0 fully saturated rings. The smallest absolute Gasteiger partial charge is 0.118 e. The Labute approximate surface area is 141 Å². The molecule has 3 aromatic rings. The predicted octanol–water partition coefficient (Wildman–Crippen LogP) is 4.29. The third kappa shape index (κ3) is 4.91. The first-order valence-electron chi connectivity index (χ1n) is 6.63. The molecule has 0 unspecified atom stereocenters. The van der Waals surface area contributed by atoms with Crippen LogP contribution < -0.4 is 0 Å². The molecule has 0 N–H and O–H groups in total. The van der Waals surface area contributed by atoms with Crippen LogP contribution in [0.4, 0.5) is 0 Å². The first-order valence-corrected chi connectivity index (χ1v) is 6.63. The number of methoxy groups -OCH3 is 1. The summed E-state index contributed by atoms with van der Waals surface area (Å²) in [7, 11) is 1.47. The second-order valence-corrected chi connectivity index (χ2v) is 4.35. The normalized spacial score (nSPS) is 8.77. The van der Waals surface area contributed by atoms with Crippen LogP contribution >= 0.6 is 0 Å². The second-order valence-electron chi connectivity index (χ2n) is 4.35. The summed E-state index contributed by atoms with van der Waals surface area (Å²) in [6, 6.07) is 25.7. The molecular formula is C19H16FeO2-6. The number of ether oxygens (including phenoxy) is 1. The van der Waals surface area contributed by atoms with Crippen molar-refractivity contribution in [3.05, 3.63) is 84.4 Å². The van der Waals surface area contributed by atoms with E-state index in [-0.39, 0.29) is 22.8 Å². The van der Waals surface area contributed by atoms with Crippen LogP contribution in [0.3, 0.4) is 0 Å². The number of hydrogen-bond acceptors (Lipinski definition) is 2. The molecular weight excluding hydrogens is 316 g/mol. The molecule has 0 bridgehead atoms. The Hall–Kier alpha value is -2.31. The Balaban J connectivity index is 0.000000344. The summed E-state index contributed by atoms with van der Waals surface area (Å²) in [5.41, 5.74) is 2.95. The van der Waals surface area contributed by atoms with E-state index in [1.165, 1.54) is 7.11 Å². The van der Waals surface area contributed by atoms with Gasteiger partial charge < -0.3 is 35.1 Å². The Morgan fingerprint density at radius 1 is 1.00 bits per heavy atom. The molecule has 0 atom stereocenters. The molecule has 0 aliphatic rings. The monoisotopic (exact) mass is 332 g/mol. The largest absolute Gasteiger partial charge is 0.748 e. The Morgan fingerprint density at radius 2 is 1.59 bits per heavy atom. The second kappa shape index (κ2) is 9.59. The number of benzene rings is 1. The predicted molar refractivity (Wildman–Crippen MR) is 85.6 cm³/mol. The van der Waals surface area contributed by atoms with Gasteiger partial charge in [0.2, 0.25) is 0 Å². The van der Waals surface area contributed by atoms with Crippen molar-refractivity contribution in [3.8, 4) is 11.1 Å². The molecule has 0 aromatic heterocycles. The van der Waals surface area contributed by atoms with E-state index in [0.29, 0.717) is 0 Å². The van der Waals surface area contributed by atoms with Gasteiger partial charge in [-0.05, 0) is 0 Å². The minimum absolute atomic E-state index is 0. The molecule has 0 amide bonds. The van der Waals surface area contributed by atoms with Crippen LogP contribution in [0, 0.1) is 0 Å². The van der Waals surface area contributed by atoms with Gasteiger partial charge in [0.05, 0.1) is 13.1 Å². The Morgan fingerprint density at radius 3 is 2.09 bits per heavy atom. The number of hydrogen-bond donors (Lipinski definition) is 0. The number of rotatable bonds is 3. The van der Waals surface area contributed by atoms with Crippen LogP contribution in [-0.2, 0) is 26.6 Å². The molecule has 0 aliphatic carbocycles. The van der Waals surface area contributed by atoms with Gasteiger partial charge in [-0.1, -0.05) is 41.5 Å². The van der Waals surface area contributed by atoms with Crippen molar-refractivity contribution < 1.29 is 26.6 Å². The molecule has 3 aromatic carbocycles. The van der Waals surface area contributed by atoms with Crippen molar-refractivity contribution in [1.29, 1.82) is 0 Å². The van der Waals surface area contributed by atoms with Gasteiger partial charge in [-0.25, -0.2) is 0 Å². The Kier molecular flexibility index (Phi) is 7.74. The third-order valence-corrected chi connectivity index (χ3v) is 2.98. The molecule has 0 saturated carbocycles. The minimum atomic E-state index is 0. The molecule has 3 rings (SSSR count). The van der Waals surface area contributed by atoms with Crippen LogP contribution in [0.25, 0.3) is 16.9 Å². The topological polar surface area (TPSA) is 26.3 Å². The van der Waals surface area contributed by atoms with E-state index >= 15 is 0 Å². The van der Waals surface area contributed by atoms with E-state index in [1.54, 1.807) is 5.94 Å². The van der Waals surface area contributed by atoms with Crippen molar-refractivity contribution in [2.45, 2.75) is 0 Å². The molecule has 118 valence electrons. The van der Waals surface area contributed by atoms with Crippen molar-refractivity contribution >= 4 is 11.7 Å². The fourth-order valence-corrected chi connectivity index (χ4v) is 1.93. The molecule has 22 heavy (non-hydrogen) atoms. The molecule has 2 nitrogen and oxygen atoms in total. The summed E-state index contributed by atoms with van der Waals surface area (Å²) in [6.45, 7) is 0. The van der Waals surface area contributed by atoms with E-state index in [0.717, 1.165) is 16.7 Å². The maximum Gasteiger partial charge on any atom is 0.118 e. The van der Waals surface area contributed by atoms with Gasteiger partial charge in [0.1, 0.15) is 5.76 Å². The first kappa shape index (κ1) is 17.7. The summed E-state index contributed by atoms with van der Waals surface area (Å²) in [5.74, 6) is 2.02. The molecule has 3 heteroatoms. The van der Waals surface area contributed by atoms with Crippen LogP contribution in [0.1, 0.15) is 5.56 Å². The summed E-state index contributed by atoms with van der Waals surface area (Å²) < 4.78 is 4.93.